The average molecular weight is 360 g/mol. The topological polar surface area (TPSA) is 72.9 Å². The van der Waals surface area contributed by atoms with Crippen molar-refractivity contribution in [2.75, 3.05) is 18.0 Å². The van der Waals surface area contributed by atoms with E-state index >= 15 is 0 Å². The second-order valence-electron chi connectivity index (χ2n) is 7.20. The molecule has 0 aromatic carbocycles. The number of aryl methyl sites for hydroxylation is 1. The van der Waals surface area contributed by atoms with Gasteiger partial charge in [0.2, 0.25) is 0 Å². The summed E-state index contributed by atoms with van der Waals surface area (Å²) in [5.41, 5.74) is 3.26. The van der Waals surface area contributed by atoms with Gasteiger partial charge in [0.15, 0.2) is 0 Å². The highest BCUT2D eigenvalue weighted by atomic mass is 19.3. The standard InChI is InChI=1S/C17H18F2N6O/c1-10-14(23-26-22-10)8-25-15-6-13(11-2-3-11)21-16(12(15)7-20-25)24-5-4-17(18,19)9-24/h6-7,11H,2-5,8-9H2,1H3. The fourth-order valence-corrected chi connectivity index (χ4v) is 3.48. The number of hydrogen-bond acceptors (Lipinski definition) is 6. The highest BCUT2D eigenvalue weighted by Crippen LogP contribution is 2.42. The van der Waals surface area contributed by atoms with E-state index in [2.05, 4.69) is 15.4 Å². The molecule has 0 unspecified atom stereocenters. The molecule has 0 bridgehead atoms. The first-order valence-corrected chi connectivity index (χ1v) is 8.77. The molecule has 3 aromatic rings. The van der Waals surface area contributed by atoms with E-state index in [4.69, 9.17) is 9.61 Å². The van der Waals surface area contributed by atoms with Crippen molar-refractivity contribution in [2.45, 2.75) is 44.6 Å². The fraction of sp³-hybridized carbons (Fsp3) is 0.529. The Morgan fingerprint density at radius 1 is 1.31 bits per heavy atom. The van der Waals surface area contributed by atoms with Gasteiger partial charge in [0.05, 0.1) is 30.2 Å². The van der Waals surface area contributed by atoms with Gasteiger partial charge in [-0.15, -0.1) is 0 Å². The molecule has 1 aliphatic heterocycles. The Bertz CT molecular complexity index is 977. The van der Waals surface area contributed by atoms with Gasteiger partial charge in [-0.25, -0.2) is 18.4 Å². The van der Waals surface area contributed by atoms with Crippen LogP contribution in [0.25, 0.3) is 10.9 Å². The third-order valence-corrected chi connectivity index (χ3v) is 5.15. The summed E-state index contributed by atoms with van der Waals surface area (Å²) in [6.07, 6.45) is 3.75. The van der Waals surface area contributed by atoms with Crippen molar-refractivity contribution < 1.29 is 13.4 Å². The molecule has 0 amide bonds. The van der Waals surface area contributed by atoms with E-state index in [1.54, 1.807) is 11.1 Å². The molecule has 1 saturated carbocycles. The van der Waals surface area contributed by atoms with E-state index in [0.717, 1.165) is 29.4 Å². The largest absolute Gasteiger partial charge is 0.350 e. The van der Waals surface area contributed by atoms with Crippen LogP contribution in [0, 0.1) is 6.92 Å². The number of hydrogen-bond donors (Lipinski definition) is 0. The molecule has 4 heterocycles. The Kier molecular flexibility index (Phi) is 3.29. The van der Waals surface area contributed by atoms with Crippen LogP contribution in [0.5, 0.6) is 0 Å². The molecular weight excluding hydrogens is 342 g/mol. The summed E-state index contributed by atoms with van der Waals surface area (Å²) in [7, 11) is 0. The maximum Gasteiger partial charge on any atom is 0.266 e. The van der Waals surface area contributed by atoms with E-state index in [1.807, 2.05) is 17.7 Å². The van der Waals surface area contributed by atoms with Crippen molar-refractivity contribution in [1.29, 1.82) is 0 Å². The minimum atomic E-state index is -2.66. The highest BCUT2D eigenvalue weighted by Gasteiger charge is 2.40. The van der Waals surface area contributed by atoms with Gasteiger partial charge in [0.1, 0.15) is 17.2 Å². The minimum Gasteiger partial charge on any atom is -0.350 e. The van der Waals surface area contributed by atoms with E-state index in [9.17, 15) is 8.78 Å². The molecule has 0 spiro atoms. The maximum absolute atomic E-state index is 13.7. The summed E-state index contributed by atoms with van der Waals surface area (Å²) in [5, 5.41) is 13.0. The molecule has 136 valence electrons. The summed E-state index contributed by atoms with van der Waals surface area (Å²) in [6.45, 7) is 2.26. The Labute approximate surface area is 147 Å². The van der Waals surface area contributed by atoms with E-state index in [1.165, 1.54) is 0 Å². The first kappa shape index (κ1) is 15.7. The zero-order chi connectivity index (χ0) is 17.9. The van der Waals surface area contributed by atoms with Crippen molar-refractivity contribution in [3.63, 3.8) is 0 Å². The summed E-state index contributed by atoms with van der Waals surface area (Å²) >= 11 is 0. The van der Waals surface area contributed by atoms with Crippen LogP contribution in [0.15, 0.2) is 16.9 Å². The van der Waals surface area contributed by atoms with Crippen molar-refractivity contribution in [1.82, 2.24) is 25.1 Å². The van der Waals surface area contributed by atoms with Gasteiger partial charge in [-0.3, -0.25) is 4.68 Å². The average Bonchev–Trinajstić information content (AvgIpc) is 3.12. The van der Waals surface area contributed by atoms with Crippen LogP contribution in [-0.2, 0) is 6.54 Å². The molecule has 0 radical (unpaired) electrons. The van der Waals surface area contributed by atoms with Gasteiger partial charge in [-0.2, -0.15) is 5.10 Å². The number of nitrogens with zero attached hydrogens (tertiary/aromatic N) is 6. The van der Waals surface area contributed by atoms with Gasteiger partial charge in [0.25, 0.3) is 5.92 Å². The van der Waals surface area contributed by atoms with Crippen LogP contribution in [0.4, 0.5) is 14.6 Å². The van der Waals surface area contributed by atoms with Crippen LogP contribution in [0.2, 0.25) is 0 Å². The summed E-state index contributed by atoms with van der Waals surface area (Å²) < 4.78 is 34.0. The Balaban J connectivity index is 1.60. The van der Waals surface area contributed by atoms with E-state index < -0.39 is 5.92 Å². The predicted molar refractivity (Wildman–Crippen MR) is 89.4 cm³/mol. The van der Waals surface area contributed by atoms with Crippen LogP contribution < -0.4 is 4.90 Å². The molecule has 0 N–H and O–H groups in total. The first-order chi connectivity index (χ1) is 12.5. The summed E-state index contributed by atoms with van der Waals surface area (Å²) in [6, 6.07) is 2.03. The quantitative estimate of drug-likeness (QED) is 0.712. The molecular formula is C17H18F2N6O. The zero-order valence-corrected chi connectivity index (χ0v) is 14.3. The van der Waals surface area contributed by atoms with Gasteiger partial charge in [-0.1, -0.05) is 10.3 Å². The lowest BCUT2D eigenvalue weighted by Gasteiger charge is -2.19. The molecule has 3 aromatic heterocycles. The Morgan fingerprint density at radius 2 is 2.15 bits per heavy atom. The number of anilines is 1. The van der Waals surface area contributed by atoms with Crippen molar-refractivity contribution >= 4 is 16.7 Å². The molecule has 7 nitrogen and oxygen atoms in total. The fourth-order valence-electron chi connectivity index (χ4n) is 3.48. The molecule has 0 atom stereocenters. The number of pyridine rings is 1. The number of halogens is 2. The van der Waals surface area contributed by atoms with Crippen molar-refractivity contribution in [2.24, 2.45) is 0 Å². The Hall–Kier alpha value is -2.58. The summed E-state index contributed by atoms with van der Waals surface area (Å²) in [4.78, 5) is 6.41. The lowest BCUT2D eigenvalue weighted by Crippen LogP contribution is -2.26. The highest BCUT2D eigenvalue weighted by molar-refractivity contribution is 5.90. The van der Waals surface area contributed by atoms with E-state index in [0.29, 0.717) is 36.2 Å². The number of alkyl halides is 2. The van der Waals surface area contributed by atoms with Crippen molar-refractivity contribution in [3.05, 3.63) is 29.3 Å². The predicted octanol–water partition coefficient (Wildman–Crippen LogP) is 2.89. The Morgan fingerprint density at radius 3 is 2.81 bits per heavy atom. The first-order valence-electron chi connectivity index (χ1n) is 8.77. The molecule has 9 heteroatoms. The summed E-state index contributed by atoms with van der Waals surface area (Å²) in [5.74, 6) is -1.63. The SMILES string of the molecule is Cc1nonc1Cn1ncc2c(N3CCC(F)(F)C3)nc(C3CC3)cc21. The lowest BCUT2D eigenvalue weighted by atomic mass is 10.2. The molecule has 2 aliphatic rings. The number of aromatic nitrogens is 5. The van der Waals surface area contributed by atoms with Gasteiger partial charge >= 0.3 is 0 Å². The van der Waals surface area contributed by atoms with Crippen LogP contribution >= 0.6 is 0 Å². The van der Waals surface area contributed by atoms with Gasteiger partial charge in [-0.05, 0) is 25.8 Å². The third kappa shape index (κ3) is 2.62. The van der Waals surface area contributed by atoms with Crippen LogP contribution in [-0.4, -0.2) is 44.1 Å². The second-order valence-corrected chi connectivity index (χ2v) is 7.20. The minimum absolute atomic E-state index is 0.137. The number of rotatable bonds is 4. The smallest absolute Gasteiger partial charge is 0.266 e. The normalized spacial score (nSPS) is 19.6. The molecule has 1 aliphatic carbocycles. The zero-order valence-electron chi connectivity index (χ0n) is 14.3. The van der Waals surface area contributed by atoms with Crippen LogP contribution in [0.3, 0.4) is 0 Å². The van der Waals surface area contributed by atoms with Gasteiger partial charge in [0, 0.05) is 24.6 Å². The maximum atomic E-state index is 13.7. The molecule has 1 saturated heterocycles. The lowest BCUT2D eigenvalue weighted by molar-refractivity contribution is 0.0257. The molecule has 26 heavy (non-hydrogen) atoms. The monoisotopic (exact) mass is 360 g/mol. The van der Waals surface area contributed by atoms with Crippen LogP contribution in [0.1, 0.15) is 42.3 Å². The third-order valence-electron chi connectivity index (χ3n) is 5.15. The number of fused-ring (bicyclic) bond motifs is 1. The van der Waals surface area contributed by atoms with Crippen molar-refractivity contribution in [3.8, 4) is 0 Å². The second kappa shape index (κ2) is 5.46. The molecule has 5 rings (SSSR count). The molecule has 2 fully saturated rings. The van der Waals surface area contributed by atoms with E-state index in [-0.39, 0.29) is 13.0 Å². The van der Waals surface area contributed by atoms with Gasteiger partial charge < -0.3 is 4.90 Å².